The van der Waals surface area contributed by atoms with Crippen LogP contribution in [0.3, 0.4) is 0 Å². The van der Waals surface area contributed by atoms with Crippen LogP contribution in [0.1, 0.15) is 42.2 Å². The molecule has 5 aromatic heterocycles. The van der Waals surface area contributed by atoms with Crippen molar-refractivity contribution in [1.82, 2.24) is 40.9 Å². The molecule has 0 unspecified atom stereocenters. The van der Waals surface area contributed by atoms with Crippen molar-refractivity contribution in [3.63, 3.8) is 0 Å². The van der Waals surface area contributed by atoms with E-state index in [0.717, 1.165) is 34.8 Å². The van der Waals surface area contributed by atoms with Crippen LogP contribution in [-0.4, -0.2) is 101 Å². The highest BCUT2D eigenvalue weighted by Crippen LogP contribution is 2.30. The van der Waals surface area contributed by atoms with E-state index in [2.05, 4.69) is 62.1 Å². The van der Waals surface area contributed by atoms with Gasteiger partial charge in [-0.3, -0.25) is 14.4 Å². The number of carbonyl (C=O) groups is 3. The fourth-order valence-corrected chi connectivity index (χ4v) is 6.13. The summed E-state index contributed by atoms with van der Waals surface area (Å²) in [7, 11) is 6.07. The van der Waals surface area contributed by atoms with E-state index in [4.69, 9.17) is 30.7 Å². The molecule has 0 spiro atoms. The molecule has 26 heteroatoms. The van der Waals surface area contributed by atoms with Crippen LogP contribution in [0.5, 0.6) is 0 Å². The number of rotatable bonds is 16. The Morgan fingerprint density at radius 2 is 1.06 bits per heavy atom. The van der Waals surface area contributed by atoms with E-state index < -0.39 is 41.1 Å². The lowest BCUT2D eigenvalue weighted by atomic mass is 10.1. The van der Waals surface area contributed by atoms with E-state index in [0.29, 0.717) is 62.9 Å². The van der Waals surface area contributed by atoms with E-state index in [1.165, 1.54) is 64.2 Å². The number of anilines is 8. The molecule has 3 amide bonds. The lowest BCUT2D eigenvalue weighted by Crippen LogP contribution is -2.34. The minimum Gasteiger partial charge on any atom is -0.445 e. The van der Waals surface area contributed by atoms with Crippen LogP contribution in [0, 0.1) is 25.5 Å². The van der Waals surface area contributed by atoms with Crippen molar-refractivity contribution in [3.05, 3.63) is 149 Å². The number of ether oxygens (including phenoxy) is 2. The third kappa shape index (κ3) is 16.8. The molecule has 376 valence electrons. The standard InChI is InChI=1S/C24H27FN6O4.C22H19FN6O2.2O2S/c1-14-9-15(23(32)29-13-22(34-3)35-4)5-7-18(14)30-19-10-21(28-12-17(19)24(33)26-2)31-20-8-6-16(25)11-27-20;1-13-9-14(22-25-7-8-31-22)3-5-17(13)28-18-10-20(27-12-16(18)21(30)24-2)29-19-6-4-15(23)11-26-19;2*1-3-2/h5-12,22H,13H2,1-4H3,(H,26,33)(H,29,32)(H2,27,28,30,31);3-12H,1-2H3,(H,24,30)(H2,26,27,28,29);;. The van der Waals surface area contributed by atoms with Crippen molar-refractivity contribution >= 4 is 86.9 Å². The Morgan fingerprint density at radius 1 is 0.583 bits per heavy atom. The fourth-order valence-electron chi connectivity index (χ4n) is 6.13. The molecule has 5 heterocycles. The van der Waals surface area contributed by atoms with Crippen LogP contribution < -0.4 is 37.2 Å². The Bertz CT molecular complexity index is 2990. The van der Waals surface area contributed by atoms with Crippen molar-refractivity contribution in [2.24, 2.45) is 0 Å². The van der Waals surface area contributed by atoms with Gasteiger partial charge < -0.3 is 51.1 Å². The summed E-state index contributed by atoms with van der Waals surface area (Å²) in [5.41, 5.74) is 6.23. The van der Waals surface area contributed by atoms with Crippen LogP contribution in [0.4, 0.5) is 54.8 Å². The van der Waals surface area contributed by atoms with Crippen LogP contribution in [-0.2, 0) is 32.6 Å². The highest BCUT2D eigenvalue weighted by atomic mass is 32.1. The van der Waals surface area contributed by atoms with E-state index in [1.54, 1.807) is 43.6 Å². The van der Waals surface area contributed by atoms with E-state index in [1.807, 2.05) is 32.0 Å². The maximum absolute atomic E-state index is 13.1. The van der Waals surface area contributed by atoms with E-state index >= 15 is 0 Å². The zero-order chi connectivity index (χ0) is 52.6. The first kappa shape index (κ1) is 55.9. The number of amides is 3. The average molecular weight is 1030 g/mol. The average Bonchev–Trinajstić information content (AvgIpc) is 3.93. The van der Waals surface area contributed by atoms with Gasteiger partial charge in [-0.15, -0.1) is 0 Å². The summed E-state index contributed by atoms with van der Waals surface area (Å²) < 4.78 is 74.9. The van der Waals surface area contributed by atoms with Crippen LogP contribution in [0.25, 0.3) is 11.5 Å². The predicted molar refractivity (Wildman–Crippen MR) is 263 cm³/mol. The maximum atomic E-state index is 13.1. The molecule has 22 nitrogen and oxygen atoms in total. The van der Waals surface area contributed by atoms with Gasteiger partial charge in [0.25, 0.3) is 17.7 Å². The lowest BCUT2D eigenvalue weighted by Gasteiger charge is -2.16. The summed E-state index contributed by atoms with van der Waals surface area (Å²) >= 11 is -1.50. The highest BCUT2D eigenvalue weighted by Gasteiger charge is 2.17. The molecule has 0 fully saturated rings. The number of pyridine rings is 4. The highest BCUT2D eigenvalue weighted by molar-refractivity contribution is 7.52. The number of nitrogens with zero attached hydrogens (tertiary/aromatic N) is 5. The summed E-state index contributed by atoms with van der Waals surface area (Å²) in [5, 5.41) is 20.5. The van der Waals surface area contributed by atoms with Crippen molar-refractivity contribution in [3.8, 4) is 11.5 Å². The molecule has 0 saturated heterocycles. The second-order valence-electron chi connectivity index (χ2n) is 14.3. The quantitative estimate of drug-likeness (QED) is 0.0530. The third-order valence-electron chi connectivity index (χ3n) is 9.61. The molecule has 0 saturated carbocycles. The van der Waals surface area contributed by atoms with Gasteiger partial charge in [-0.25, -0.2) is 33.7 Å². The summed E-state index contributed by atoms with van der Waals surface area (Å²) in [6.45, 7) is 3.99. The lowest BCUT2D eigenvalue weighted by molar-refractivity contribution is -0.0974. The minimum absolute atomic E-state index is 0.204. The Balaban J connectivity index is 0.000000283. The van der Waals surface area contributed by atoms with Gasteiger partial charge in [0.1, 0.15) is 41.2 Å². The monoisotopic (exact) mass is 1030 g/mol. The molecular formula is C46H46F2N12O10S2. The number of methoxy groups -OCH3 is 2. The van der Waals surface area contributed by atoms with Gasteiger partial charge >= 0.3 is 23.1 Å². The number of nitrogens with one attached hydrogen (secondary N) is 7. The SMILES string of the molecule is CNC(=O)c1cnc(Nc2ccc(F)cn2)cc1Nc1ccc(-c2ncco2)cc1C.CNC(=O)c1cnc(Nc2ccc(F)cn2)cc1Nc1ccc(C(=O)NCC(OC)OC)cc1C.O=S=O.O=S=O. The maximum Gasteiger partial charge on any atom is 0.335 e. The number of hydrogen-bond acceptors (Lipinski definition) is 19. The third-order valence-corrected chi connectivity index (χ3v) is 9.61. The second-order valence-corrected chi connectivity index (χ2v) is 14.5. The number of halogens is 2. The first-order chi connectivity index (χ1) is 34.7. The van der Waals surface area contributed by atoms with Gasteiger partial charge in [-0.2, -0.15) is 16.8 Å². The first-order valence-corrected chi connectivity index (χ1v) is 22.1. The summed E-state index contributed by atoms with van der Waals surface area (Å²) in [6.07, 6.45) is 7.66. The summed E-state index contributed by atoms with van der Waals surface area (Å²) in [4.78, 5) is 57.8. The molecule has 0 aliphatic carbocycles. The number of carbonyl (C=O) groups excluding carboxylic acids is 3. The molecule has 0 radical (unpaired) electrons. The van der Waals surface area contributed by atoms with Gasteiger partial charge in [0.2, 0.25) is 5.89 Å². The normalized spacial score (nSPS) is 10.1. The number of hydrogen-bond donors (Lipinski definition) is 7. The molecule has 7 N–H and O–H groups in total. The van der Waals surface area contributed by atoms with Crippen molar-refractivity contribution in [2.45, 2.75) is 20.1 Å². The number of aromatic nitrogens is 5. The van der Waals surface area contributed by atoms with Crippen LogP contribution in [0.15, 0.2) is 114 Å². The van der Waals surface area contributed by atoms with Gasteiger partial charge in [0, 0.05) is 75.3 Å². The Labute approximate surface area is 417 Å². The molecule has 7 rings (SSSR count). The molecule has 0 aliphatic rings. The zero-order valence-corrected chi connectivity index (χ0v) is 40.7. The topological polar surface area (TPSA) is 300 Å². The van der Waals surface area contributed by atoms with Crippen LogP contribution >= 0.6 is 0 Å². The summed E-state index contributed by atoms with van der Waals surface area (Å²) in [5.74, 6) is 0.441. The fraction of sp³-hybridized carbons (Fsp3) is 0.174. The van der Waals surface area contributed by atoms with Crippen molar-refractivity contribution < 1.29 is 53.9 Å². The van der Waals surface area contributed by atoms with Crippen molar-refractivity contribution in [1.29, 1.82) is 0 Å². The molecular weight excluding hydrogens is 983 g/mol. The number of benzene rings is 2. The van der Waals surface area contributed by atoms with Gasteiger partial charge in [0.05, 0.1) is 47.6 Å². The Kier molecular flexibility index (Phi) is 22.3. The Hall–Kier alpha value is -8.72. The van der Waals surface area contributed by atoms with Crippen molar-refractivity contribution in [2.75, 3.05) is 56.1 Å². The van der Waals surface area contributed by atoms with E-state index in [9.17, 15) is 23.2 Å². The summed E-state index contributed by atoms with van der Waals surface area (Å²) in [6, 6.07) is 19.7. The second kappa shape index (κ2) is 28.7. The van der Waals surface area contributed by atoms with Gasteiger partial charge in [-0.05, 0) is 85.6 Å². The van der Waals surface area contributed by atoms with E-state index in [-0.39, 0.29) is 24.3 Å². The molecule has 0 bridgehead atoms. The molecule has 7 aromatic rings. The Morgan fingerprint density at radius 3 is 1.46 bits per heavy atom. The van der Waals surface area contributed by atoms with Gasteiger partial charge in [0.15, 0.2) is 6.29 Å². The largest absolute Gasteiger partial charge is 0.445 e. The smallest absolute Gasteiger partial charge is 0.335 e. The molecule has 0 aliphatic heterocycles. The van der Waals surface area contributed by atoms with Crippen LogP contribution in [0.2, 0.25) is 0 Å². The number of aryl methyl sites for hydroxylation is 2. The predicted octanol–water partition coefficient (Wildman–Crippen LogP) is 6.21. The minimum atomic E-state index is -0.750. The van der Waals surface area contributed by atoms with Gasteiger partial charge in [-0.1, -0.05) is 0 Å². The number of oxazole rings is 1. The molecule has 2 aromatic carbocycles. The molecule has 72 heavy (non-hydrogen) atoms. The zero-order valence-electron chi connectivity index (χ0n) is 39.1. The first-order valence-electron chi connectivity index (χ1n) is 20.7. The molecule has 0 atom stereocenters.